The van der Waals surface area contributed by atoms with E-state index in [2.05, 4.69) is 41.8 Å². The molecule has 0 unspecified atom stereocenters. The fraction of sp³-hybridized carbons (Fsp3) is 0.217. The van der Waals surface area contributed by atoms with Crippen molar-refractivity contribution in [2.24, 2.45) is 0 Å². The molecule has 0 spiro atoms. The van der Waals surface area contributed by atoms with Crippen LogP contribution >= 0.6 is 0 Å². The summed E-state index contributed by atoms with van der Waals surface area (Å²) in [5, 5.41) is 0. The number of pyridine rings is 2. The van der Waals surface area contributed by atoms with Crippen molar-refractivity contribution in [1.29, 1.82) is 0 Å². The van der Waals surface area contributed by atoms with Crippen molar-refractivity contribution in [2.75, 3.05) is 6.61 Å². The minimum absolute atomic E-state index is 0.0911. The van der Waals surface area contributed by atoms with Gasteiger partial charge < -0.3 is 13.5 Å². The number of hydrogen-bond acceptors (Lipinski definition) is 3. The molecule has 4 rings (SSSR count). The monoisotopic (exact) mass is 374 g/mol. The molecule has 0 amide bonds. The lowest BCUT2D eigenvalue weighted by atomic mass is 10.0. The predicted molar refractivity (Wildman–Crippen MR) is 109 cm³/mol. The van der Waals surface area contributed by atoms with Gasteiger partial charge in [0.15, 0.2) is 5.78 Å². The van der Waals surface area contributed by atoms with E-state index in [1.54, 1.807) is 13.8 Å². The summed E-state index contributed by atoms with van der Waals surface area (Å²) in [5.41, 5.74) is 6.58. The number of aromatic nitrogens is 2. The molecule has 0 N–H and O–H groups in total. The maximum Gasteiger partial charge on any atom is 0.338 e. The molecule has 0 aliphatic carbocycles. The zero-order valence-corrected chi connectivity index (χ0v) is 16.4. The van der Waals surface area contributed by atoms with Crippen LogP contribution in [0.15, 0.2) is 48.8 Å². The van der Waals surface area contributed by atoms with Crippen LogP contribution in [0.3, 0.4) is 0 Å². The van der Waals surface area contributed by atoms with Gasteiger partial charge in [-0.25, -0.2) is 4.79 Å². The molecule has 0 saturated heterocycles. The first-order valence-electron chi connectivity index (χ1n) is 9.33. The van der Waals surface area contributed by atoms with Crippen LogP contribution in [0.1, 0.15) is 45.8 Å². The highest BCUT2D eigenvalue weighted by Gasteiger charge is 2.21. The Morgan fingerprint density at radius 3 is 2.50 bits per heavy atom. The minimum Gasteiger partial charge on any atom is -0.462 e. The van der Waals surface area contributed by atoms with Gasteiger partial charge in [-0.1, -0.05) is 6.07 Å². The summed E-state index contributed by atoms with van der Waals surface area (Å²) >= 11 is 0. The van der Waals surface area contributed by atoms with Gasteiger partial charge in [-0.05, 0) is 62.2 Å². The average Bonchev–Trinajstić information content (AvgIpc) is 3.23. The molecule has 5 nitrogen and oxygen atoms in total. The van der Waals surface area contributed by atoms with Crippen LogP contribution in [-0.4, -0.2) is 27.2 Å². The molecular weight excluding hydrogens is 352 g/mol. The number of carbonyl (C=O) groups excluding carboxylic acids is 2. The molecule has 4 heterocycles. The molecule has 0 bridgehead atoms. The number of nitrogens with zero attached hydrogens (tertiary/aromatic N) is 2. The standard InChI is InChI=1S/C23H22N2O3/c1-5-28-23(27)19-12-21-18(10-11-24(21)22(15(19)3)16(4)26)20-9-8-17-7-6-14(2)13-25(17)20/h6-13H,5H2,1-4H3. The van der Waals surface area contributed by atoms with E-state index in [1.165, 1.54) is 6.92 Å². The van der Waals surface area contributed by atoms with Crippen molar-refractivity contribution >= 4 is 22.8 Å². The lowest BCUT2D eigenvalue weighted by Crippen LogP contribution is -2.13. The largest absolute Gasteiger partial charge is 0.462 e. The van der Waals surface area contributed by atoms with Crippen LogP contribution in [0.5, 0.6) is 0 Å². The van der Waals surface area contributed by atoms with Crippen molar-refractivity contribution < 1.29 is 14.3 Å². The molecule has 0 atom stereocenters. The minimum atomic E-state index is -0.409. The lowest BCUT2D eigenvalue weighted by molar-refractivity contribution is 0.0525. The van der Waals surface area contributed by atoms with E-state index in [1.807, 2.05) is 22.7 Å². The summed E-state index contributed by atoms with van der Waals surface area (Å²) in [7, 11) is 0. The van der Waals surface area contributed by atoms with Gasteiger partial charge in [-0.2, -0.15) is 0 Å². The second-order valence-electron chi connectivity index (χ2n) is 7.01. The smallest absolute Gasteiger partial charge is 0.338 e. The van der Waals surface area contributed by atoms with Crippen molar-refractivity contribution in [1.82, 2.24) is 8.80 Å². The molecule has 4 aromatic heterocycles. The van der Waals surface area contributed by atoms with Gasteiger partial charge in [-0.3, -0.25) is 4.79 Å². The van der Waals surface area contributed by atoms with Gasteiger partial charge in [0.2, 0.25) is 0 Å². The maximum absolute atomic E-state index is 12.5. The molecule has 0 radical (unpaired) electrons. The third-order valence-electron chi connectivity index (χ3n) is 5.11. The molecule has 142 valence electrons. The van der Waals surface area contributed by atoms with E-state index in [4.69, 9.17) is 4.74 Å². The Kier molecular flexibility index (Phi) is 4.30. The van der Waals surface area contributed by atoms with E-state index >= 15 is 0 Å². The van der Waals surface area contributed by atoms with Crippen LogP contribution < -0.4 is 0 Å². The molecule has 0 saturated carbocycles. The highest BCUT2D eigenvalue weighted by atomic mass is 16.5. The molecule has 0 aliphatic heterocycles. The van der Waals surface area contributed by atoms with E-state index in [0.717, 1.165) is 27.9 Å². The van der Waals surface area contributed by atoms with Gasteiger partial charge in [0, 0.05) is 30.4 Å². The fourth-order valence-electron chi connectivity index (χ4n) is 3.84. The number of aryl methyl sites for hydroxylation is 1. The summed E-state index contributed by atoms with van der Waals surface area (Å²) in [5.74, 6) is -0.500. The highest BCUT2D eigenvalue weighted by Crippen LogP contribution is 2.31. The van der Waals surface area contributed by atoms with Gasteiger partial charge in [0.1, 0.15) is 0 Å². The van der Waals surface area contributed by atoms with E-state index < -0.39 is 5.97 Å². The summed E-state index contributed by atoms with van der Waals surface area (Å²) in [6.07, 6.45) is 3.97. The zero-order valence-electron chi connectivity index (χ0n) is 16.4. The molecule has 0 aliphatic rings. The number of esters is 1. The van der Waals surface area contributed by atoms with Gasteiger partial charge >= 0.3 is 5.97 Å². The zero-order chi connectivity index (χ0) is 20.0. The quantitative estimate of drug-likeness (QED) is 0.379. The van der Waals surface area contributed by atoms with Crippen molar-refractivity contribution in [2.45, 2.75) is 27.7 Å². The Hall–Kier alpha value is -3.34. The van der Waals surface area contributed by atoms with Crippen molar-refractivity contribution in [3.63, 3.8) is 0 Å². The SMILES string of the molecule is CCOC(=O)c1cc2c(-c3ccc4ccc(C)cn34)ccn2c(C(C)=O)c1C. The third-order valence-corrected chi connectivity index (χ3v) is 5.11. The Labute approximate surface area is 163 Å². The predicted octanol–water partition coefficient (Wildman–Crippen LogP) is 4.86. The van der Waals surface area contributed by atoms with Gasteiger partial charge in [0.05, 0.1) is 29.1 Å². The first-order valence-corrected chi connectivity index (χ1v) is 9.33. The topological polar surface area (TPSA) is 52.2 Å². The Morgan fingerprint density at radius 1 is 1.04 bits per heavy atom. The van der Waals surface area contributed by atoms with E-state index in [-0.39, 0.29) is 12.4 Å². The second-order valence-corrected chi connectivity index (χ2v) is 7.01. The number of rotatable bonds is 4. The molecular formula is C23H22N2O3. The highest BCUT2D eigenvalue weighted by molar-refractivity contribution is 6.02. The van der Waals surface area contributed by atoms with Crippen LogP contribution in [0.25, 0.3) is 22.3 Å². The Bertz CT molecular complexity index is 1240. The number of Topliss-reactive ketones (excluding diaryl/α,β-unsaturated/α-hetero) is 1. The molecule has 5 heteroatoms. The van der Waals surface area contributed by atoms with Crippen molar-refractivity contribution in [3.05, 3.63) is 71.2 Å². The van der Waals surface area contributed by atoms with Crippen molar-refractivity contribution in [3.8, 4) is 11.3 Å². The van der Waals surface area contributed by atoms with Gasteiger partial charge in [0.25, 0.3) is 0 Å². The number of hydrogen-bond donors (Lipinski definition) is 0. The molecule has 4 aromatic rings. The second kappa shape index (κ2) is 6.68. The Morgan fingerprint density at radius 2 is 1.79 bits per heavy atom. The first kappa shape index (κ1) is 18.0. The summed E-state index contributed by atoms with van der Waals surface area (Å²) in [6.45, 7) is 7.42. The van der Waals surface area contributed by atoms with E-state index in [0.29, 0.717) is 16.8 Å². The van der Waals surface area contributed by atoms with E-state index in [9.17, 15) is 9.59 Å². The summed E-state index contributed by atoms with van der Waals surface area (Å²) in [6, 6.07) is 12.1. The number of carbonyl (C=O) groups is 2. The molecule has 28 heavy (non-hydrogen) atoms. The summed E-state index contributed by atoms with van der Waals surface area (Å²) < 4.78 is 9.21. The Balaban J connectivity index is 2.04. The molecule has 0 fully saturated rings. The number of ether oxygens (including phenoxy) is 1. The summed E-state index contributed by atoms with van der Waals surface area (Å²) in [4.78, 5) is 24.9. The van der Waals surface area contributed by atoms with Crippen LogP contribution in [0.4, 0.5) is 0 Å². The normalized spacial score (nSPS) is 11.3. The van der Waals surface area contributed by atoms with Gasteiger partial charge in [-0.15, -0.1) is 0 Å². The maximum atomic E-state index is 12.5. The lowest BCUT2D eigenvalue weighted by Gasteiger charge is -2.13. The fourth-order valence-corrected chi connectivity index (χ4v) is 3.84. The van der Waals surface area contributed by atoms with Crippen LogP contribution in [0.2, 0.25) is 0 Å². The average molecular weight is 374 g/mol. The third kappa shape index (κ3) is 2.71. The number of ketones is 1. The molecule has 0 aromatic carbocycles. The number of fused-ring (bicyclic) bond motifs is 2. The first-order chi connectivity index (χ1) is 13.4. The van der Waals surface area contributed by atoms with Crippen LogP contribution in [0, 0.1) is 13.8 Å². The van der Waals surface area contributed by atoms with Crippen LogP contribution in [-0.2, 0) is 4.74 Å².